The molecule has 5 rings (SSSR count). The minimum atomic E-state index is -0.901. The Kier molecular flexibility index (Phi) is 10.3. The minimum absolute atomic E-state index is 0.0648. The molecule has 2 fully saturated rings. The molecular formula is C35H40N6O5. The predicted octanol–water partition coefficient (Wildman–Crippen LogP) is 3.27. The second kappa shape index (κ2) is 14.7. The number of carbonyl (C=O) groups excluding carboxylic acids is 4. The number of fused-ring (bicyclic) bond motifs is 1. The zero-order valence-electron chi connectivity index (χ0n) is 26.0. The number of nitrogens with one attached hydrogen (secondary N) is 2. The van der Waals surface area contributed by atoms with Gasteiger partial charge >= 0.3 is 6.03 Å². The summed E-state index contributed by atoms with van der Waals surface area (Å²) >= 11 is 0. The number of hydrazine groups is 1. The highest BCUT2D eigenvalue weighted by Gasteiger charge is 2.51. The second-order valence-corrected chi connectivity index (χ2v) is 11.5. The van der Waals surface area contributed by atoms with Gasteiger partial charge in [-0.1, -0.05) is 67.6 Å². The van der Waals surface area contributed by atoms with E-state index in [1.165, 1.54) is 9.91 Å². The van der Waals surface area contributed by atoms with Crippen LogP contribution in [0.3, 0.4) is 0 Å². The van der Waals surface area contributed by atoms with Crippen molar-refractivity contribution in [2.45, 2.75) is 45.1 Å². The molecule has 46 heavy (non-hydrogen) atoms. The van der Waals surface area contributed by atoms with Crippen LogP contribution < -0.4 is 10.6 Å². The molecule has 0 aliphatic carbocycles. The Bertz CT molecular complexity index is 1560. The number of nitrogens with zero attached hydrogens (tertiary/aromatic N) is 4. The monoisotopic (exact) mass is 624 g/mol. The van der Waals surface area contributed by atoms with E-state index in [1.807, 2.05) is 43.3 Å². The molecular weight excluding hydrogens is 584 g/mol. The number of hydrogen-bond acceptors (Lipinski definition) is 6. The highest BCUT2D eigenvalue weighted by molar-refractivity contribution is 5.94. The van der Waals surface area contributed by atoms with Gasteiger partial charge in [-0.3, -0.25) is 14.4 Å². The highest BCUT2D eigenvalue weighted by Crippen LogP contribution is 2.30. The summed E-state index contributed by atoms with van der Waals surface area (Å²) in [6.07, 6.45) is 1.84. The fourth-order valence-electron chi connectivity index (χ4n) is 5.93. The van der Waals surface area contributed by atoms with E-state index in [9.17, 15) is 24.3 Å². The van der Waals surface area contributed by atoms with Crippen molar-refractivity contribution in [3.8, 4) is 5.75 Å². The maximum Gasteiger partial charge on any atom is 0.334 e. The van der Waals surface area contributed by atoms with Crippen molar-refractivity contribution in [3.63, 3.8) is 0 Å². The van der Waals surface area contributed by atoms with Gasteiger partial charge < -0.3 is 25.5 Å². The second-order valence-electron chi connectivity index (χ2n) is 11.5. The molecule has 2 aliphatic heterocycles. The molecule has 0 bridgehead atoms. The van der Waals surface area contributed by atoms with Crippen LogP contribution in [0, 0.1) is 0 Å². The molecule has 5 amide bonds. The van der Waals surface area contributed by atoms with Crippen LogP contribution in [0.15, 0.2) is 91.5 Å². The van der Waals surface area contributed by atoms with Crippen LogP contribution >= 0.6 is 0 Å². The van der Waals surface area contributed by atoms with Crippen LogP contribution in [0.2, 0.25) is 0 Å². The fourth-order valence-corrected chi connectivity index (χ4v) is 5.93. The fraction of sp³-hybridized carbons (Fsp3) is 0.314. The van der Waals surface area contributed by atoms with Gasteiger partial charge in [0.1, 0.15) is 18.0 Å². The van der Waals surface area contributed by atoms with E-state index in [0.717, 1.165) is 23.1 Å². The summed E-state index contributed by atoms with van der Waals surface area (Å²) in [4.78, 5) is 57.7. The molecule has 11 heteroatoms. The van der Waals surface area contributed by atoms with Crippen molar-refractivity contribution >= 4 is 23.8 Å². The first-order chi connectivity index (χ1) is 22.3. The lowest BCUT2D eigenvalue weighted by molar-refractivity contribution is -0.189. The van der Waals surface area contributed by atoms with Crippen LogP contribution in [-0.2, 0) is 29.1 Å². The number of urea groups is 1. The highest BCUT2D eigenvalue weighted by atomic mass is 16.3. The molecule has 0 aromatic heterocycles. The Hall–Kier alpha value is -5.16. The number of phenolic OH excluding ortho intramolecular Hbond substituents is 1. The normalized spacial score (nSPS) is 18.2. The van der Waals surface area contributed by atoms with E-state index >= 15 is 0 Å². The van der Waals surface area contributed by atoms with Crippen LogP contribution in [0.4, 0.5) is 4.79 Å². The topological polar surface area (TPSA) is 126 Å². The summed E-state index contributed by atoms with van der Waals surface area (Å²) in [6, 6.07) is 21.9. The number of benzene rings is 3. The van der Waals surface area contributed by atoms with Gasteiger partial charge in [-0.15, -0.1) is 6.58 Å². The Balaban J connectivity index is 1.48. The lowest BCUT2D eigenvalue weighted by Crippen LogP contribution is -2.76. The molecule has 3 aromatic carbocycles. The molecule has 0 spiro atoms. The van der Waals surface area contributed by atoms with Crippen molar-refractivity contribution in [2.24, 2.45) is 0 Å². The standard InChI is InChI=1S/C35H40N6O5/c1-3-17-36-33(44)28-12-8-11-27(19-28)22-38-23-31-40(30(34(38)45)20-25-13-15-29(42)16-14-25)32(43)24-39(18-4-2)41(31)35(46)37-21-26-9-6-5-7-10-26/h4-16,19,30-31,42H,2-3,17-18,20-24H2,1H3,(H,36,44)(H,37,46)/t30-,31?/m0/s1. The maximum atomic E-state index is 14.2. The summed E-state index contributed by atoms with van der Waals surface area (Å²) in [7, 11) is 0. The molecule has 240 valence electrons. The number of aromatic hydroxyl groups is 1. The zero-order valence-corrected chi connectivity index (χ0v) is 26.0. The van der Waals surface area contributed by atoms with Crippen LogP contribution in [-0.4, -0.2) is 87.1 Å². The largest absolute Gasteiger partial charge is 0.508 e. The van der Waals surface area contributed by atoms with E-state index in [4.69, 9.17) is 0 Å². The molecule has 11 nitrogen and oxygen atoms in total. The molecule has 2 aliphatic rings. The van der Waals surface area contributed by atoms with E-state index < -0.39 is 18.2 Å². The van der Waals surface area contributed by atoms with E-state index in [2.05, 4.69) is 17.2 Å². The SMILES string of the molecule is C=CCN1CC(=O)N2C(CN(Cc3cccc(C(=O)NCCC)c3)C(=O)[C@@H]2Cc2ccc(O)cc2)N1C(=O)NCc1ccccc1. The number of phenols is 1. The maximum absolute atomic E-state index is 14.2. The summed E-state index contributed by atoms with van der Waals surface area (Å²) in [5, 5.41) is 18.9. The van der Waals surface area contributed by atoms with Gasteiger partial charge in [0.25, 0.3) is 5.91 Å². The lowest BCUT2D eigenvalue weighted by Gasteiger charge is -2.55. The smallest absolute Gasteiger partial charge is 0.334 e. The Morgan fingerprint density at radius 2 is 1.70 bits per heavy atom. The number of amides is 5. The first kappa shape index (κ1) is 32.2. The van der Waals surface area contributed by atoms with E-state index in [1.54, 1.807) is 58.4 Å². The van der Waals surface area contributed by atoms with Crippen molar-refractivity contribution in [2.75, 3.05) is 26.2 Å². The summed E-state index contributed by atoms with van der Waals surface area (Å²) in [5.41, 5.74) is 2.92. The lowest BCUT2D eigenvalue weighted by atomic mass is 9.98. The van der Waals surface area contributed by atoms with Gasteiger partial charge in [-0.05, 0) is 47.4 Å². The van der Waals surface area contributed by atoms with Gasteiger partial charge in [0.15, 0.2) is 0 Å². The summed E-state index contributed by atoms with van der Waals surface area (Å²) in [6.45, 7) is 7.04. The Morgan fingerprint density at radius 3 is 2.41 bits per heavy atom. The minimum Gasteiger partial charge on any atom is -0.508 e. The van der Waals surface area contributed by atoms with Gasteiger partial charge in [-0.25, -0.2) is 14.8 Å². The van der Waals surface area contributed by atoms with Crippen molar-refractivity contribution in [1.29, 1.82) is 0 Å². The van der Waals surface area contributed by atoms with Gasteiger partial charge in [-0.2, -0.15) is 0 Å². The molecule has 3 aromatic rings. The van der Waals surface area contributed by atoms with Crippen molar-refractivity contribution in [1.82, 2.24) is 30.5 Å². The van der Waals surface area contributed by atoms with Crippen molar-refractivity contribution < 1.29 is 24.3 Å². The molecule has 2 heterocycles. The van der Waals surface area contributed by atoms with Crippen LogP contribution in [0.25, 0.3) is 0 Å². The third-order valence-corrected chi connectivity index (χ3v) is 8.13. The molecule has 1 unspecified atom stereocenters. The van der Waals surface area contributed by atoms with Crippen LogP contribution in [0.1, 0.15) is 40.4 Å². The number of carbonyl (C=O) groups is 4. The van der Waals surface area contributed by atoms with Crippen molar-refractivity contribution in [3.05, 3.63) is 114 Å². The molecule has 2 atom stereocenters. The summed E-state index contributed by atoms with van der Waals surface area (Å²) < 4.78 is 0. The van der Waals surface area contributed by atoms with Gasteiger partial charge in [0, 0.05) is 38.2 Å². The quantitative estimate of drug-likeness (QED) is 0.282. The molecule has 0 saturated carbocycles. The third-order valence-electron chi connectivity index (χ3n) is 8.13. The van der Waals surface area contributed by atoms with E-state index in [0.29, 0.717) is 12.1 Å². The number of hydrogen-bond donors (Lipinski definition) is 3. The van der Waals surface area contributed by atoms with Gasteiger partial charge in [0.2, 0.25) is 11.8 Å². The first-order valence-electron chi connectivity index (χ1n) is 15.5. The average Bonchev–Trinajstić information content (AvgIpc) is 3.06. The molecule has 3 N–H and O–H groups in total. The molecule has 2 saturated heterocycles. The van der Waals surface area contributed by atoms with Gasteiger partial charge in [0.05, 0.1) is 13.1 Å². The third kappa shape index (κ3) is 7.37. The number of piperazine rings is 1. The average molecular weight is 625 g/mol. The number of rotatable bonds is 11. The predicted molar refractivity (Wildman–Crippen MR) is 173 cm³/mol. The Morgan fingerprint density at radius 1 is 0.957 bits per heavy atom. The first-order valence-corrected chi connectivity index (χ1v) is 15.5. The Labute approximate surface area is 269 Å². The molecule has 0 radical (unpaired) electrons. The van der Waals surface area contributed by atoms with Crippen LogP contribution in [0.5, 0.6) is 5.75 Å². The zero-order chi connectivity index (χ0) is 32.6. The summed E-state index contributed by atoms with van der Waals surface area (Å²) in [5.74, 6) is -0.633. The van der Waals surface area contributed by atoms with E-state index in [-0.39, 0.29) is 62.6 Å².